The maximum absolute atomic E-state index is 13.2. The first-order valence-electron chi connectivity index (χ1n) is 12.1. The summed E-state index contributed by atoms with van der Waals surface area (Å²) in [7, 11) is -4.18. The lowest BCUT2D eigenvalue weighted by molar-refractivity contribution is -0.139. The molecule has 0 radical (unpaired) electrons. The molecule has 2 aromatic carbocycles. The number of halogens is 2. The number of nitrogens with zero attached hydrogens (tertiary/aromatic N) is 2. The fraction of sp³-hybridized carbons (Fsp3) is 0.500. The van der Waals surface area contributed by atoms with Crippen molar-refractivity contribution in [3.05, 3.63) is 52.0 Å². The maximum Gasteiger partial charge on any atom is 0.339 e. The number of hydrogen-bond acceptors (Lipinski definition) is 5. The van der Waals surface area contributed by atoms with Gasteiger partial charge >= 0.3 is 10.1 Å². The molecule has 9 heteroatoms. The van der Waals surface area contributed by atoms with Crippen LogP contribution in [0, 0.1) is 11.8 Å². The van der Waals surface area contributed by atoms with E-state index in [0.717, 1.165) is 38.0 Å². The number of rotatable bonds is 11. The topological polar surface area (TPSA) is 66.9 Å². The second kappa shape index (κ2) is 11.8. The molecule has 0 saturated heterocycles. The molecule has 0 atom stereocenters. The van der Waals surface area contributed by atoms with E-state index in [4.69, 9.17) is 27.4 Å². The van der Waals surface area contributed by atoms with Crippen molar-refractivity contribution in [1.82, 2.24) is 4.90 Å². The highest BCUT2D eigenvalue weighted by molar-refractivity contribution is 7.87. The summed E-state index contributed by atoms with van der Waals surface area (Å²) in [5.41, 5.74) is 1.48. The molecular weight excluding hydrogens is 507 g/mol. The zero-order valence-electron chi connectivity index (χ0n) is 20.8. The van der Waals surface area contributed by atoms with Crippen molar-refractivity contribution in [2.45, 2.75) is 58.4 Å². The molecule has 1 amide bonds. The highest BCUT2D eigenvalue weighted by atomic mass is 35.5. The Bertz CT molecular complexity index is 1150. The third-order valence-corrected chi connectivity index (χ3v) is 8.24. The summed E-state index contributed by atoms with van der Waals surface area (Å²) in [6, 6.07) is 9.60. The Hall–Kier alpha value is -1.96. The van der Waals surface area contributed by atoms with Gasteiger partial charge in [0.25, 0.3) is 0 Å². The number of carbonyl (C=O) groups excluding carboxylic acids is 1. The molecule has 6 nitrogen and oxygen atoms in total. The summed E-state index contributed by atoms with van der Waals surface area (Å²) in [4.78, 5) is 17.0. The second-order valence-corrected chi connectivity index (χ2v) is 11.7. The lowest BCUT2D eigenvalue weighted by atomic mass is 9.84. The molecule has 2 aromatic rings. The molecule has 0 spiro atoms. The second-order valence-electron chi connectivity index (χ2n) is 9.32. The third-order valence-electron chi connectivity index (χ3n) is 6.27. The van der Waals surface area contributed by atoms with Crippen LogP contribution in [0.1, 0.15) is 52.5 Å². The minimum absolute atomic E-state index is 0.0491. The van der Waals surface area contributed by atoms with Crippen molar-refractivity contribution < 1.29 is 17.4 Å². The van der Waals surface area contributed by atoms with Gasteiger partial charge < -0.3 is 14.0 Å². The maximum atomic E-state index is 13.2. The van der Waals surface area contributed by atoms with Crippen molar-refractivity contribution in [1.29, 1.82) is 0 Å². The average Bonchev–Trinajstić information content (AvgIpc) is 2.75. The largest absolute Gasteiger partial charge is 0.379 e. The Kier molecular flexibility index (Phi) is 9.35. The van der Waals surface area contributed by atoms with Gasteiger partial charge in [0.05, 0.1) is 10.0 Å². The van der Waals surface area contributed by atoms with Crippen molar-refractivity contribution >= 4 is 44.9 Å². The molecule has 0 N–H and O–H groups in total. The Labute approximate surface area is 219 Å². The first-order valence-corrected chi connectivity index (χ1v) is 14.3. The van der Waals surface area contributed by atoms with Crippen molar-refractivity contribution in [2.75, 3.05) is 24.5 Å². The van der Waals surface area contributed by atoms with Crippen LogP contribution in [0.4, 0.5) is 5.69 Å². The molecule has 0 bridgehead atoms. The van der Waals surface area contributed by atoms with Gasteiger partial charge in [0.15, 0.2) is 0 Å². The number of benzene rings is 2. The zero-order chi connectivity index (χ0) is 25.8. The number of carbonyl (C=O) groups is 1. The first-order chi connectivity index (χ1) is 16.6. The average molecular weight is 542 g/mol. The summed E-state index contributed by atoms with van der Waals surface area (Å²) < 4.78 is 32.0. The fourth-order valence-electron chi connectivity index (χ4n) is 4.13. The number of hydrogen-bond donors (Lipinski definition) is 0. The Morgan fingerprint density at radius 2 is 1.74 bits per heavy atom. The molecule has 35 heavy (non-hydrogen) atoms. The molecule has 0 aromatic heterocycles. The van der Waals surface area contributed by atoms with Gasteiger partial charge in [-0.2, -0.15) is 8.42 Å². The van der Waals surface area contributed by atoms with Gasteiger partial charge in [-0.05, 0) is 56.9 Å². The first kappa shape index (κ1) is 27.6. The molecule has 0 unspecified atom stereocenters. The lowest BCUT2D eigenvalue weighted by Gasteiger charge is -2.33. The van der Waals surface area contributed by atoms with E-state index in [1.165, 1.54) is 18.2 Å². The Morgan fingerprint density at radius 1 is 1.06 bits per heavy atom. The molecule has 0 heterocycles. The lowest BCUT2D eigenvalue weighted by Crippen LogP contribution is -2.40. The van der Waals surface area contributed by atoms with Crippen LogP contribution < -0.4 is 9.08 Å². The van der Waals surface area contributed by atoms with E-state index in [1.54, 1.807) is 6.07 Å². The van der Waals surface area contributed by atoms with E-state index < -0.39 is 10.1 Å². The number of amides is 1. The summed E-state index contributed by atoms with van der Waals surface area (Å²) >= 11 is 12.0. The number of anilines is 1. The molecule has 0 aliphatic heterocycles. The van der Waals surface area contributed by atoms with E-state index >= 15 is 0 Å². The minimum atomic E-state index is -4.18. The quantitative estimate of drug-likeness (QED) is 0.309. The highest BCUT2D eigenvalue weighted by Gasteiger charge is 2.31. The smallest absolute Gasteiger partial charge is 0.339 e. The van der Waals surface area contributed by atoms with Gasteiger partial charge in [-0.3, -0.25) is 4.79 Å². The summed E-state index contributed by atoms with van der Waals surface area (Å²) in [5.74, 6) is 0.651. The molecule has 1 fully saturated rings. The summed E-state index contributed by atoms with van der Waals surface area (Å²) in [5, 5.41) is 0.385. The molecule has 1 aliphatic rings. The van der Waals surface area contributed by atoms with Crippen LogP contribution in [0.3, 0.4) is 0 Å². The van der Waals surface area contributed by atoms with Gasteiger partial charge in [-0.25, -0.2) is 0 Å². The standard InChI is InChI=1S/C26H34Cl2N2O4S/c1-5-29(6-2)21-11-10-20(17-30(16-18(3)4)26(31)19-8-7-9-19)25(14-21)34-35(32,33)22-12-13-23(27)24(28)15-22/h10-15,18-19H,5-9,16-17H2,1-4H3. The van der Waals surface area contributed by atoms with Gasteiger partial charge in [0.1, 0.15) is 10.6 Å². The van der Waals surface area contributed by atoms with Gasteiger partial charge in [-0.15, -0.1) is 0 Å². The van der Waals surface area contributed by atoms with Crippen LogP contribution in [0.2, 0.25) is 10.0 Å². The van der Waals surface area contributed by atoms with E-state index in [0.29, 0.717) is 12.1 Å². The van der Waals surface area contributed by atoms with Crippen LogP contribution in [0.5, 0.6) is 5.75 Å². The van der Waals surface area contributed by atoms with Gasteiger partial charge in [-0.1, -0.05) is 49.5 Å². The Balaban J connectivity index is 2.00. The summed E-state index contributed by atoms with van der Waals surface area (Å²) in [6.45, 7) is 10.6. The SMILES string of the molecule is CCN(CC)c1ccc(CN(CC(C)C)C(=O)C2CCC2)c(OS(=O)(=O)c2ccc(Cl)c(Cl)c2)c1. The third kappa shape index (κ3) is 6.83. The molecule has 1 saturated carbocycles. The van der Waals surface area contributed by atoms with E-state index in [9.17, 15) is 13.2 Å². The van der Waals surface area contributed by atoms with Crippen molar-refractivity contribution in [2.24, 2.45) is 11.8 Å². The van der Waals surface area contributed by atoms with Crippen molar-refractivity contribution in [3.8, 4) is 5.75 Å². The van der Waals surface area contributed by atoms with Crippen LogP contribution in [-0.2, 0) is 21.5 Å². The van der Waals surface area contributed by atoms with Crippen LogP contribution in [0.25, 0.3) is 0 Å². The van der Waals surface area contributed by atoms with Gasteiger partial charge in [0, 0.05) is 49.4 Å². The van der Waals surface area contributed by atoms with Crippen LogP contribution in [-0.4, -0.2) is 38.9 Å². The van der Waals surface area contributed by atoms with E-state index in [-0.39, 0.29) is 45.0 Å². The van der Waals surface area contributed by atoms with Gasteiger partial charge in [0.2, 0.25) is 5.91 Å². The molecule has 192 valence electrons. The molecule has 3 rings (SSSR count). The summed E-state index contributed by atoms with van der Waals surface area (Å²) in [6.07, 6.45) is 2.88. The zero-order valence-corrected chi connectivity index (χ0v) is 23.1. The normalized spacial score (nSPS) is 14.0. The van der Waals surface area contributed by atoms with Crippen LogP contribution >= 0.6 is 23.2 Å². The molecular formula is C26H34Cl2N2O4S. The Morgan fingerprint density at radius 3 is 2.29 bits per heavy atom. The fourth-order valence-corrected chi connectivity index (χ4v) is 5.48. The molecule has 1 aliphatic carbocycles. The minimum Gasteiger partial charge on any atom is -0.379 e. The monoisotopic (exact) mass is 540 g/mol. The van der Waals surface area contributed by atoms with E-state index in [2.05, 4.69) is 18.7 Å². The predicted molar refractivity (Wildman–Crippen MR) is 142 cm³/mol. The van der Waals surface area contributed by atoms with Crippen LogP contribution in [0.15, 0.2) is 41.3 Å². The van der Waals surface area contributed by atoms with Crippen molar-refractivity contribution in [3.63, 3.8) is 0 Å². The van der Waals surface area contributed by atoms with E-state index in [1.807, 2.05) is 30.9 Å². The highest BCUT2D eigenvalue weighted by Crippen LogP contribution is 2.33. The predicted octanol–water partition coefficient (Wildman–Crippen LogP) is 6.39.